The lowest BCUT2D eigenvalue weighted by atomic mass is 10.1. The Bertz CT molecular complexity index is 687. The van der Waals surface area contributed by atoms with E-state index in [0.717, 1.165) is 30.5 Å². The topological polar surface area (TPSA) is 45.5 Å². The highest BCUT2D eigenvalue weighted by molar-refractivity contribution is 8.00. The van der Waals surface area contributed by atoms with Gasteiger partial charge in [-0.3, -0.25) is 0 Å². The summed E-state index contributed by atoms with van der Waals surface area (Å²) in [6, 6.07) is 5.45. The first kappa shape index (κ1) is 15.4. The Balaban J connectivity index is 1.93. The van der Waals surface area contributed by atoms with Crippen LogP contribution in [0.5, 0.6) is 0 Å². The zero-order chi connectivity index (χ0) is 15.7. The van der Waals surface area contributed by atoms with Crippen LogP contribution in [0.15, 0.2) is 29.3 Å². The number of aryl methyl sites for hydroxylation is 1. The van der Waals surface area contributed by atoms with Crippen LogP contribution >= 0.6 is 11.8 Å². The first-order valence-electron chi connectivity index (χ1n) is 7.80. The molecule has 1 aliphatic rings. The predicted octanol–water partition coefficient (Wildman–Crippen LogP) is 3.55. The van der Waals surface area contributed by atoms with Gasteiger partial charge in [0, 0.05) is 33.8 Å². The maximum atomic E-state index is 11.2. The van der Waals surface area contributed by atoms with E-state index in [2.05, 4.69) is 29.6 Å². The molecule has 0 radical (unpaired) electrons. The molecule has 0 atom stereocenters. The number of carboxylic acids is 1. The molecule has 118 valence electrons. The van der Waals surface area contributed by atoms with Crippen LogP contribution < -0.4 is 0 Å². The van der Waals surface area contributed by atoms with E-state index >= 15 is 0 Å². The summed E-state index contributed by atoms with van der Waals surface area (Å²) in [7, 11) is 2.17. The third-order valence-corrected chi connectivity index (χ3v) is 5.78. The smallest absolute Gasteiger partial charge is 0.335 e. The van der Waals surface area contributed by atoms with E-state index in [4.69, 9.17) is 0 Å². The number of hydrogen-bond acceptors (Lipinski definition) is 3. The average molecular weight is 318 g/mol. The summed E-state index contributed by atoms with van der Waals surface area (Å²) >= 11 is 1.91. The molecule has 1 N–H and O–H groups in total. The van der Waals surface area contributed by atoms with Gasteiger partial charge < -0.3 is 14.6 Å². The van der Waals surface area contributed by atoms with Gasteiger partial charge in [-0.25, -0.2) is 4.79 Å². The molecule has 0 amide bonds. The van der Waals surface area contributed by atoms with E-state index in [-0.39, 0.29) is 0 Å². The van der Waals surface area contributed by atoms with Crippen molar-refractivity contribution in [3.63, 3.8) is 0 Å². The summed E-state index contributed by atoms with van der Waals surface area (Å²) in [5.74, 6) is -0.860. The van der Waals surface area contributed by atoms with Crippen LogP contribution in [0.25, 0.3) is 10.9 Å². The Hall–Kier alpha value is -1.46. The summed E-state index contributed by atoms with van der Waals surface area (Å²) in [6.07, 6.45) is 4.57. The molecule has 22 heavy (non-hydrogen) atoms. The van der Waals surface area contributed by atoms with Gasteiger partial charge in [0.15, 0.2) is 0 Å². The molecule has 2 aromatic rings. The van der Waals surface area contributed by atoms with Gasteiger partial charge in [-0.05, 0) is 58.1 Å². The largest absolute Gasteiger partial charge is 0.478 e. The first-order chi connectivity index (χ1) is 10.6. The number of hydrogen-bond donors (Lipinski definition) is 1. The van der Waals surface area contributed by atoms with Crippen LogP contribution in [0.2, 0.25) is 0 Å². The van der Waals surface area contributed by atoms with E-state index in [0.29, 0.717) is 10.8 Å². The van der Waals surface area contributed by atoms with Crippen molar-refractivity contribution in [3.8, 4) is 0 Å². The molecule has 0 spiro atoms. The van der Waals surface area contributed by atoms with Crippen LogP contribution in [-0.4, -0.2) is 45.9 Å². The number of aromatic nitrogens is 1. The van der Waals surface area contributed by atoms with Gasteiger partial charge in [0.1, 0.15) is 0 Å². The molecule has 2 heterocycles. The minimum atomic E-state index is -0.860. The summed E-state index contributed by atoms with van der Waals surface area (Å²) in [5.41, 5.74) is 1.49. The number of carboxylic acid groups (broad SMARTS) is 1. The fraction of sp³-hybridized carbons (Fsp3) is 0.471. The highest BCUT2D eigenvalue weighted by Gasteiger charge is 2.20. The van der Waals surface area contributed by atoms with Crippen molar-refractivity contribution >= 4 is 28.6 Å². The van der Waals surface area contributed by atoms with E-state index in [1.165, 1.54) is 17.7 Å². The lowest BCUT2D eigenvalue weighted by Crippen LogP contribution is -2.31. The van der Waals surface area contributed by atoms with Crippen molar-refractivity contribution in [2.24, 2.45) is 0 Å². The second-order valence-electron chi connectivity index (χ2n) is 5.94. The highest BCUT2D eigenvalue weighted by Crippen LogP contribution is 2.36. The number of likely N-dealkylation sites (tertiary alicyclic amines) is 1. The van der Waals surface area contributed by atoms with Gasteiger partial charge in [0.2, 0.25) is 0 Å². The van der Waals surface area contributed by atoms with Gasteiger partial charge in [0.05, 0.1) is 5.56 Å². The van der Waals surface area contributed by atoms with Crippen molar-refractivity contribution in [2.45, 2.75) is 36.5 Å². The van der Waals surface area contributed by atoms with Crippen molar-refractivity contribution in [1.82, 2.24) is 9.47 Å². The molecule has 1 saturated heterocycles. The molecule has 1 aromatic heterocycles. The Labute approximate surface area is 135 Å². The molecule has 0 unspecified atom stereocenters. The Kier molecular flexibility index (Phi) is 4.45. The summed E-state index contributed by atoms with van der Waals surface area (Å²) in [4.78, 5) is 14.8. The zero-order valence-corrected chi connectivity index (χ0v) is 13.9. The van der Waals surface area contributed by atoms with Gasteiger partial charge in [-0.2, -0.15) is 0 Å². The molecule has 4 nitrogen and oxygen atoms in total. The summed E-state index contributed by atoms with van der Waals surface area (Å²) in [5, 5.41) is 10.9. The van der Waals surface area contributed by atoms with Gasteiger partial charge in [-0.1, -0.05) is 0 Å². The van der Waals surface area contributed by atoms with Crippen molar-refractivity contribution < 1.29 is 9.90 Å². The Morgan fingerprint density at radius 1 is 1.36 bits per heavy atom. The third kappa shape index (κ3) is 3.01. The van der Waals surface area contributed by atoms with Crippen LogP contribution in [0, 0.1) is 0 Å². The SMILES string of the molecule is CCn1cc(SC2CCN(C)CC2)c2cc(C(=O)O)ccc21. The molecule has 0 saturated carbocycles. The molecule has 0 aliphatic carbocycles. The second kappa shape index (κ2) is 6.34. The number of benzene rings is 1. The van der Waals surface area contributed by atoms with Crippen molar-refractivity contribution in [2.75, 3.05) is 20.1 Å². The van der Waals surface area contributed by atoms with Gasteiger partial charge >= 0.3 is 5.97 Å². The predicted molar refractivity (Wildman–Crippen MR) is 90.9 cm³/mol. The number of thioether (sulfide) groups is 1. The van der Waals surface area contributed by atoms with Crippen LogP contribution in [0.4, 0.5) is 0 Å². The number of aromatic carboxylic acids is 1. The first-order valence-corrected chi connectivity index (χ1v) is 8.68. The lowest BCUT2D eigenvalue weighted by Gasteiger charge is -2.28. The molecular formula is C17H22N2O2S. The molecule has 1 aliphatic heterocycles. The average Bonchev–Trinajstić information content (AvgIpc) is 2.87. The highest BCUT2D eigenvalue weighted by atomic mass is 32.2. The number of piperidine rings is 1. The number of nitrogens with zero attached hydrogens (tertiary/aromatic N) is 2. The zero-order valence-electron chi connectivity index (χ0n) is 13.1. The van der Waals surface area contributed by atoms with E-state index in [1.807, 2.05) is 23.9 Å². The summed E-state index contributed by atoms with van der Waals surface area (Å²) < 4.78 is 2.21. The molecule has 1 fully saturated rings. The van der Waals surface area contributed by atoms with E-state index < -0.39 is 5.97 Å². The minimum Gasteiger partial charge on any atom is -0.478 e. The minimum absolute atomic E-state index is 0.367. The number of fused-ring (bicyclic) bond motifs is 1. The molecular weight excluding hydrogens is 296 g/mol. The van der Waals surface area contributed by atoms with E-state index in [9.17, 15) is 9.90 Å². The van der Waals surface area contributed by atoms with Crippen LogP contribution in [0.1, 0.15) is 30.1 Å². The van der Waals surface area contributed by atoms with Crippen molar-refractivity contribution in [1.29, 1.82) is 0 Å². The number of rotatable bonds is 4. The van der Waals surface area contributed by atoms with Crippen LogP contribution in [0.3, 0.4) is 0 Å². The maximum absolute atomic E-state index is 11.2. The molecule has 0 bridgehead atoms. The Morgan fingerprint density at radius 3 is 2.73 bits per heavy atom. The van der Waals surface area contributed by atoms with Gasteiger partial charge in [-0.15, -0.1) is 11.8 Å². The van der Waals surface area contributed by atoms with Gasteiger partial charge in [0.25, 0.3) is 0 Å². The second-order valence-corrected chi connectivity index (χ2v) is 7.28. The Morgan fingerprint density at radius 2 is 2.09 bits per heavy atom. The fourth-order valence-electron chi connectivity index (χ4n) is 3.04. The molecule has 5 heteroatoms. The number of carbonyl (C=O) groups is 1. The monoisotopic (exact) mass is 318 g/mol. The lowest BCUT2D eigenvalue weighted by molar-refractivity contribution is 0.0697. The summed E-state index contributed by atoms with van der Waals surface area (Å²) in [6.45, 7) is 5.31. The molecule has 3 rings (SSSR count). The third-order valence-electron chi connectivity index (χ3n) is 4.39. The quantitative estimate of drug-likeness (QED) is 0.936. The van der Waals surface area contributed by atoms with Crippen LogP contribution in [-0.2, 0) is 6.54 Å². The fourth-order valence-corrected chi connectivity index (χ4v) is 4.32. The standard InChI is InChI=1S/C17H22N2O2S/c1-3-19-11-16(22-13-6-8-18(2)9-7-13)14-10-12(17(20)21)4-5-15(14)19/h4-5,10-11,13H,3,6-9H2,1-2H3,(H,20,21). The van der Waals surface area contributed by atoms with E-state index in [1.54, 1.807) is 6.07 Å². The maximum Gasteiger partial charge on any atom is 0.335 e. The normalized spacial score (nSPS) is 17.2. The molecule has 1 aromatic carbocycles. The van der Waals surface area contributed by atoms with Crippen molar-refractivity contribution in [3.05, 3.63) is 30.0 Å².